The molecule has 0 radical (unpaired) electrons. The highest BCUT2D eigenvalue weighted by Crippen LogP contribution is 2.39. The van der Waals surface area contributed by atoms with Crippen LogP contribution in [0.3, 0.4) is 0 Å². The normalized spacial score (nSPS) is 16.4. The largest absolute Gasteiger partial charge is 0.454 e. The molecule has 0 unspecified atom stereocenters. The number of rotatable bonds is 4. The van der Waals surface area contributed by atoms with Gasteiger partial charge in [0.1, 0.15) is 17.1 Å². The zero-order valence-electron chi connectivity index (χ0n) is 15.5. The molecule has 0 bridgehead atoms. The van der Waals surface area contributed by atoms with Crippen LogP contribution >= 0.6 is 11.3 Å². The number of aromatic nitrogens is 2. The number of nitrogens with zero attached hydrogens (tertiary/aromatic N) is 2. The maximum absolute atomic E-state index is 6.23. The summed E-state index contributed by atoms with van der Waals surface area (Å²) in [5, 5.41) is 1.01. The van der Waals surface area contributed by atoms with Crippen LogP contribution in [-0.4, -0.2) is 29.9 Å². The highest BCUT2D eigenvalue weighted by Gasteiger charge is 2.22. The van der Waals surface area contributed by atoms with Crippen LogP contribution in [0.15, 0.2) is 18.2 Å². The molecule has 1 aromatic carbocycles. The van der Waals surface area contributed by atoms with Gasteiger partial charge in [-0.1, -0.05) is 0 Å². The van der Waals surface area contributed by atoms with E-state index in [0.29, 0.717) is 17.4 Å². The second kappa shape index (κ2) is 6.65. The summed E-state index contributed by atoms with van der Waals surface area (Å²) in [4.78, 5) is 13.5. The first-order valence-corrected chi connectivity index (χ1v) is 10.2. The molecule has 0 saturated carbocycles. The van der Waals surface area contributed by atoms with Crippen LogP contribution in [0, 0.1) is 13.8 Å². The SMILES string of the molecule is Cc1sc2nc(C[NH+]3CCCC3)nc(Oc3ccc4c(c3)OCO4)c2c1C. The molecule has 3 aromatic rings. The Kier molecular flexibility index (Phi) is 4.13. The van der Waals surface area contributed by atoms with Crippen LogP contribution < -0.4 is 19.1 Å². The Morgan fingerprint density at radius 3 is 2.78 bits per heavy atom. The number of aryl methyl sites for hydroxylation is 2. The number of nitrogens with one attached hydrogen (secondary N) is 1. The van der Waals surface area contributed by atoms with E-state index in [1.165, 1.54) is 36.4 Å². The minimum absolute atomic E-state index is 0.252. The second-order valence-electron chi connectivity index (χ2n) is 7.16. The molecule has 1 fully saturated rings. The third kappa shape index (κ3) is 3.11. The molecule has 1 saturated heterocycles. The Hall–Kier alpha value is -2.38. The predicted octanol–water partition coefficient (Wildman–Crippen LogP) is 3.01. The average Bonchev–Trinajstić information content (AvgIpc) is 3.37. The van der Waals surface area contributed by atoms with Crippen LogP contribution in [0.25, 0.3) is 10.2 Å². The molecule has 1 N–H and O–H groups in total. The van der Waals surface area contributed by atoms with E-state index in [0.717, 1.165) is 28.3 Å². The van der Waals surface area contributed by atoms with Crippen molar-refractivity contribution < 1.29 is 19.1 Å². The summed E-state index contributed by atoms with van der Waals surface area (Å²) in [6.07, 6.45) is 2.57. The first-order valence-electron chi connectivity index (χ1n) is 9.35. The van der Waals surface area contributed by atoms with Gasteiger partial charge in [0.25, 0.3) is 0 Å². The Bertz CT molecular complexity index is 1010. The Labute approximate surface area is 161 Å². The Morgan fingerprint density at radius 2 is 1.93 bits per heavy atom. The summed E-state index contributed by atoms with van der Waals surface area (Å²) in [7, 11) is 0. The van der Waals surface area contributed by atoms with E-state index in [9.17, 15) is 0 Å². The summed E-state index contributed by atoms with van der Waals surface area (Å²) >= 11 is 1.71. The van der Waals surface area contributed by atoms with Gasteiger partial charge in [0, 0.05) is 23.8 Å². The zero-order chi connectivity index (χ0) is 18.4. The minimum atomic E-state index is 0.252. The van der Waals surface area contributed by atoms with E-state index in [1.807, 2.05) is 18.2 Å². The molecule has 2 aliphatic heterocycles. The molecule has 7 heteroatoms. The van der Waals surface area contributed by atoms with Crippen LogP contribution in [0.5, 0.6) is 23.1 Å². The van der Waals surface area contributed by atoms with E-state index in [4.69, 9.17) is 24.2 Å². The third-order valence-corrected chi connectivity index (χ3v) is 6.42. The number of fused-ring (bicyclic) bond motifs is 2. The maximum Gasteiger partial charge on any atom is 0.231 e. The predicted molar refractivity (Wildman–Crippen MR) is 103 cm³/mol. The number of hydrogen-bond donors (Lipinski definition) is 1. The van der Waals surface area contributed by atoms with E-state index >= 15 is 0 Å². The van der Waals surface area contributed by atoms with Gasteiger partial charge in [-0.3, -0.25) is 0 Å². The van der Waals surface area contributed by atoms with Gasteiger partial charge in [-0.2, -0.15) is 4.98 Å². The van der Waals surface area contributed by atoms with E-state index in [1.54, 1.807) is 16.2 Å². The molecule has 5 rings (SSSR count). The summed E-state index contributed by atoms with van der Waals surface area (Å²) in [6.45, 7) is 7.73. The smallest absolute Gasteiger partial charge is 0.231 e. The summed E-state index contributed by atoms with van der Waals surface area (Å²) in [5.74, 6) is 3.64. The van der Waals surface area contributed by atoms with Crippen LogP contribution in [0.1, 0.15) is 29.1 Å². The fourth-order valence-electron chi connectivity index (χ4n) is 3.74. The summed E-state index contributed by atoms with van der Waals surface area (Å²) < 4.78 is 17.1. The number of quaternary nitrogens is 1. The topological polar surface area (TPSA) is 57.9 Å². The number of likely N-dealkylation sites (tertiary alicyclic amines) is 1. The van der Waals surface area contributed by atoms with Gasteiger partial charge in [-0.05, 0) is 31.5 Å². The van der Waals surface area contributed by atoms with E-state index < -0.39 is 0 Å². The Morgan fingerprint density at radius 1 is 1.11 bits per heavy atom. The number of thiophene rings is 1. The van der Waals surface area contributed by atoms with Crippen LogP contribution in [0.2, 0.25) is 0 Å². The minimum Gasteiger partial charge on any atom is -0.454 e. The number of benzene rings is 1. The molecule has 0 atom stereocenters. The molecular formula is C20H22N3O3S+. The molecule has 4 heterocycles. The molecule has 27 heavy (non-hydrogen) atoms. The van der Waals surface area contributed by atoms with Crippen molar-refractivity contribution in [1.82, 2.24) is 9.97 Å². The first-order chi connectivity index (χ1) is 13.2. The lowest BCUT2D eigenvalue weighted by Gasteiger charge is -2.13. The molecule has 0 amide bonds. The van der Waals surface area contributed by atoms with Crippen molar-refractivity contribution in [3.05, 3.63) is 34.5 Å². The second-order valence-corrected chi connectivity index (χ2v) is 8.36. The van der Waals surface area contributed by atoms with Gasteiger partial charge in [0.05, 0.1) is 18.5 Å². The Balaban J connectivity index is 1.54. The van der Waals surface area contributed by atoms with Gasteiger partial charge in [0.15, 0.2) is 17.3 Å². The van der Waals surface area contributed by atoms with Crippen molar-refractivity contribution in [3.63, 3.8) is 0 Å². The standard InChI is InChI=1S/C20H21N3O3S/c1-12-13(2)27-20-18(12)19(21-17(22-20)10-23-7-3-4-8-23)26-14-5-6-15-16(9-14)25-11-24-15/h5-6,9H,3-4,7-8,10-11H2,1-2H3/p+1. The zero-order valence-corrected chi connectivity index (χ0v) is 16.3. The van der Waals surface area contributed by atoms with E-state index in [-0.39, 0.29) is 6.79 Å². The van der Waals surface area contributed by atoms with Crippen molar-refractivity contribution in [1.29, 1.82) is 0 Å². The lowest BCUT2D eigenvalue weighted by molar-refractivity contribution is -0.902. The summed E-state index contributed by atoms with van der Waals surface area (Å²) in [6, 6.07) is 5.62. The van der Waals surface area contributed by atoms with Crippen molar-refractivity contribution in [2.24, 2.45) is 0 Å². The van der Waals surface area contributed by atoms with Gasteiger partial charge >= 0.3 is 0 Å². The highest BCUT2D eigenvalue weighted by molar-refractivity contribution is 7.18. The number of hydrogen-bond acceptors (Lipinski definition) is 6. The van der Waals surface area contributed by atoms with Crippen molar-refractivity contribution in [3.8, 4) is 23.1 Å². The molecular weight excluding hydrogens is 362 g/mol. The van der Waals surface area contributed by atoms with E-state index in [2.05, 4.69) is 13.8 Å². The van der Waals surface area contributed by atoms with Crippen LogP contribution in [0.4, 0.5) is 0 Å². The third-order valence-electron chi connectivity index (χ3n) is 5.32. The van der Waals surface area contributed by atoms with Gasteiger partial charge in [0.2, 0.25) is 12.7 Å². The van der Waals surface area contributed by atoms with Crippen molar-refractivity contribution in [2.75, 3.05) is 19.9 Å². The molecule has 0 aliphatic carbocycles. The monoisotopic (exact) mass is 384 g/mol. The molecule has 0 spiro atoms. The quantitative estimate of drug-likeness (QED) is 0.749. The fraction of sp³-hybridized carbons (Fsp3) is 0.400. The van der Waals surface area contributed by atoms with Gasteiger partial charge in [-0.25, -0.2) is 4.98 Å². The molecule has 2 aliphatic rings. The fourth-order valence-corrected chi connectivity index (χ4v) is 4.77. The first kappa shape index (κ1) is 16.8. The molecule has 6 nitrogen and oxygen atoms in total. The molecule has 140 valence electrons. The molecule has 2 aromatic heterocycles. The lowest BCUT2D eigenvalue weighted by Crippen LogP contribution is -3.08. The van der Waals surface area contributed by atoms with Gasteiger partial charge < -0.3 is 19.1 Å². The number of ether oxygens (including phenoxy) is 3. The summed E-state index contributed by atoms with van der Waals surface area (Å²) in [5.41, 5.74) is 1.19. The van der Waals surface area contributed by atoms with Crippen molar-refractivity contribution in [2.45, 2.75) is 33.2 Å². The van der Waals surface area contributed by atoms with Crippen LogP contribution in [-0.2, 0) is 6.54 Å². The average molecular weight is 384 g/mol. The van der Waals surface area contributed by atoms with Gasteiger partial charge in [-0.15, -0.1) is 11.3 Å². The lowest BCUT2D eigenvalue weighted by atomic mass is 10.2. The van der Waals surface area contributed by atoms with Crippen molar-refractivity contribution >= 4 is 21.6 Å². The highest BCUT2D eigenvalue weighted by atomic mass is 32.1. The maximum atomic E-state index is 6.23.